The summed E-state index contributed by atoms with van der Waals surface area (Å²) in [7, 11) is 0. The summed E-state index contributed by atoms with van der Waals surface area (Å²) >= 11 is 1.36. The molecule has 0 aliphatic heterocycles. The van der Waals surface area contributed by atoms with Gasteiger partial charge in [0.1, 0.15) is 11.1 Å². The molecule has 0 radical (unpaired) electrons. The van der Waals surface area contributed by atoms with E-state index in [2.05, 4.69) is 53.2 Å². The molecule has 33 heavy (non-hydrogen) atoms. The first kappa shape index (κ1) is 21.5. The molecule has 1 aliphatic rings. The molecule has 1 atom stereocenters. The summed E-state index contributed by atoms with van der Waals surface area (Å²) in [5.74, 6) is -0.0954. The van der Waals surface area contributed by atoms with Gasteiger partial charge in [-0.15, -0.1) is 0 Å². The average molecular weight is 455 g/mol. The summed E-state index contributed by atoms with van der Waals surface area (Å²) in [5, 5.41) is 15.3. The number of carbonyl (C=O) groups is 1. The Kier molecular flexibility index (Phi) is 5.82. The number of pyridine rings is 1. The highest BCUT2D eigenvalue weighted by Gasteiger charge is 2.21. The van der Waals surface area contributed by atoms with Gasteiger partial charge >= 0.3 is 0 Å². The number of nitrogens with zero attached hydrogens (tertiary/aromatic N) is 3. The molecular weight excluding hydrogens is 428 g/mol. The van der Waals surface area contributed by atoms with Gasteiger partial charge in [0.05, 0.1) is 10.8 Å². The second-order valence-corrected chi connectivity index (χ2v) is 9.84. The topological polar surface area (TPSA) is 70.7 Å². The van der Waals surface area contributed by atoms with E-state index < -0.39 is 0 Å². The van der Waals surface area contributed by atoms with E-state index in [0.717, 1.165) is 54.5 Å². The second kappa shape index (κ2) is 8.92. The number of anilines is 1. The molecule has 0 bridgehead atoms. The molecule has 5 rings (SSSR count). The molecule has 166 valence electrons. The number of fused-ring (bicyclic) bond motifs is 4. The van der Waals surface area contributed by atoms with Gasteiger partial charge < -0.3 is 9.88 Å². The van der Waals surface area contributed by atoms with Crippen LogP contribution >= 0.6 is 11.8 Å². The summed E-state index contributed by atoms with van der Waals surface area (Å²) in [6, 6.07) is 18.7. The Bertz CT molecular complexity index is 1420. The van der Waals surface area contributed by atoms with E-state index in [9.17, 15) is 10.1 Å². The fourth-order valence-corrected chi connectivity index (χ4v) is 5.62. The predicted octanol–water partition coefficient (Wildman–Crippen LogP) is 6.08. The largest absolute Gasteiger partial charge is 0.341 e. The first-order chi connectivity index (χ1) is 16.1. The fraction of sp³-hybridized carbons (Fsp3) is 0.296. The van der Waals surface area contributed by atoms with E-state index >= 15 is 0 Å². The number of para-hydroxylation sites is 1. The first-order valence-electron chi connectivity index (χ1n) is 11.5. The smallest absolute Gasteiger partial charge is 0.237 e. The highest BCUT2D eigenvalue weighted by atomic mass is 32.2. The molecule has 2 aromatic heterocycles. The Morgan fingerprint density at radius 1 is 1.15 bits per heavy atom. The molecule has 1 amide bonds. The number of hydrogen-bond acceptors (Lipinski definition) is 4. The predicted molar refractivity (Wildman–Crippen MR) is 135 cm³/mol. The quantitative estimate of drug-likeness (QED) is 0.371. The van der Waals surface area contributed by atoms with Crippen LogP contribution < -0.4 is 5.32 Å². The highest BCUT2D eigenvalue weighted by molar-refractivity contribution is 8.00. The Morgan fingerprint density at radius 2 is 1.94 bits per heavy atom. The molecule has 4 aromatic rings. The Labute approximate surface area is 197 Å². The molecule has 2 aromatic carbocycles. The zero-order chi connectivity index (χ0) is 22.9. The van der Waals surface area contributed by atoms with Gasteiger partial charge in [-0.25, -0.2) is 4.98 Å². The van der Waals surface area contributed by atoms with Gasteiger partial charge in [-0.3, -0.25) is 4.79 Å². The maximum atomic E-state index is 13.0. The average Bonchev–Trinajstić information content (AvgIpc) is 3.16. The van der Waals surface area contributed by atoms with Gasteiger partial charge in [-0.2, -0.15) is 5.26 Å². The van der Waals surface area contributed by atoms with Crippen LogP contribution in [-0.2, 0) is 24.2 Å². The van der Waals surface area contributed by atoms with Gasteiger partial charge in [-0.1, -0.05) is 30.0 Å². The van der Waals surface area contributed by atoms with Gasteiger partial charge in [0.25, 0.3) is 0 Å². The summed E-state index contributed by atoms with van der Waals surface area (Å²) in [4.78, 5) is 17.8. The minimum atomic E-state index is -0.376. The fourth-order valence-electron chi connectivity index (χ4n) is 4.72. The number of benzene rings is 2. The Balaban J connectivity index is 1.39. The maximum absolute atomic E-state index is 13.0. The molecule has 2 heterocycles. The molecule has 6 heteroatoms. The number of nitriles is 1. The Morgan fingerprint density at radius 3 is 2.76 bits per heavy atom. The standard InChI is InChI=1S/C27H26N4OS/c1-3-31-24-11-7-5-9-21(24)22-15-20(12-13-25(22)31)29-26(32)17(2)33-27-19(16-28)14-18-8-4-6-10-23(18)30-27/h5,7,9,11-15,17H,3-4,6,8,10H2,1-2H3,(H,29,32). The van der Waals surface area contributed by atoms with Crippen molar-refractivity contribution >= 4 is 45.2 Å². The highest BCUT2D eigenvalue weighted by Crippen LogP contribution is 2.32. The van der Waals surface area contributed by atoms with Crippen molar-refractivity contribution in [2.45, 2.75) is 56.4 Å². The monoisotopic (exact) mass is 454 g/mol. The number of carbonyl (C=O) groups excluding carboxylic acids is 1. The number of amides is 1. The second-order valence-electron chi connectivity index (χ2n) is 8.51. The van der Waals surface area contributed by atoms with Crippen molar-refractivity contribution in [1.29, 1.82) is 5.26 Å². The van der Waals surface area contributed by atoms with Crippen LogP contribution in [0.5, 0.6) is 0 Å². The number of hydrogen-bond donors (Lipinski definition) is 1. The molecule has 0 fully saturated rings. The lowest BCUT2D eigenvalue weighted by Crippen LogP contribution is -2.22. The molecule has 5 nitrogen and oxygen atoms in total. The first-order valence-corrected chi connectivity index (χ1v) is 12.4. The zero-order valence-electron chi connectivity index (χ0n) is 18.9. The number of rotatable bonds is 5. The molecule has 0 spiro atoms. The number of nitrogens with one attached hydrogen (secondary N) is 1. The van der Waals surface area contributed by atoms with Crippen molar-refractivity contribution in [2.24, 2.45) is 0 Å². The van der Waals surface area contributed by atoms with Crippen LogP contribution in [0, 0.1) is 11.3 Å². The number of thioether (sulfide) groups is 1. The third-order valence-corrected chi connectivity index (χ3v) is 7.50. The number of aryl methyl sites for hydroxylation is 3. The number of aromatic nitrogens is 2. The van der Waals surface area contributed by atoms with E-state index in [1.165, 1.54) is 28.2 Å². The molecule has 1 unspecified atom stereocenters. The maximum Gasteiger partial charge on any atom is 0.237 e. The van der Waals surface area contributed by atoms with Crippen molar-refractivity contribution in [2.75, 3.05) is 5.32 Å². The molecule has 0 saturated carbocycles. The van der Waals surface area contributed by atoms with Crippen LogP contribution in [0.3, 0.4) is 0 Å². The lowest BCUT2D eigenvalue weighted by molar-refractivity contribution is -0.115. The summed E-state index contributed by atoms with van der Waals surface area (Å²) in [6.45, 7) is 4.90. The van der Waals surface area contributed by atoms with Gasteiger partial charge in [0.2, 0.25) is 5.91 Å². The summed E-state index contributed by atoms with van der Waals surface area (Å²) < 4.78 is 2.29. The van der Waals surface area contributed by atoms with Gasteiger partial charge in [0, 0.05) is 39.7 Å². The summed E-state index contributed by atoms with van der Waals surface area (Å²) in [5.41, 5.74) is 5.96. The van der Waals surface area contributed by atoms with Crippen LogP contribution in [0.2, 0.25) is 0 Å². The van der Waals surface area contributed by atoms with Gasteiger partial charge in [-0.05, 0) is 75.4 Å². The third kappa shape index (κ3) is 3.98. The van der Waals surface area contributed by atoms with Gasteiger partial charge in [0.15, 0.2) is 0 Å². The molecule has 1 aliphatic carbocycles. The van der Waals surface area contributed by atoms with E-state index in [0.29, 0.717) is 10.6 Å². The van der Waals surface area contributed by atoms with Crippen LogP contribution in [0.15, 0.2) is 53.6 Å². The minimum absolute atomic E-state index is 0.0954. The van der Waals surface area contributed by atoms with Crippen LogP contribution in [-0.4, -0.2) is 20.7 Å². The SMILES string of the molecule is CCn1c2ccccc2c2cc(NC(=O)C(C)Sc3nc4c(cc3C#N)CCCC4)ccc21. The van der Waals surface area contributed by atoms with Crippen LogP contribution in [0.25, 0.3) is 21.8 Å². The van der Waals surface area contributed by atoms with E-state index in [1.807, 2.05) is 25.1 Å². The lowest BCUT2D eigenvalue weighted by Gasteiger charge is -2.18. The molecular formula is C27H26N4OS. The van der Waals surface area contributed by atoms with Crippen molar-refractivity contribution in [1.82, 2.24) is 9.55 Å². The van der Waals surface area contributed by atoms with Crippen molar-refractivity contribution in [3.63, 3.8) is 0 Å². The van der Waals surface area contributed by atoms with Crippen LogP contribution in [0.4, 0.5) is 5.69 Å². The van der Waals surface area contributed by atoms with Crippen molar-refractivity contribution in [3.8, 4) is 6.07 Å². The normalized spacial score (nSPS) is 14.1. The molecule has 1 N–H and O–H groups in total. The van der Waals surface area contributed by atoms with E-state index in [1.54, 1.807) is 0 Å². The van der Waals surface area contributed by atoms with Crippen LogP contribution in [0.1, 0.15) is 43.5 Å². The lowest BCUT2D eigenvalue weighted by atomic mass is 9.95. The van der Waals surface area contributed by atoms with Crippen molar-refractivity contribution < 1.29 is 4.79 Å². The summed E-state index contributed by atoms with van der Waals surface area (Å²) in [6.07, 6.45) is 4.20. The van der Waals surface area contributed by atoms with E-state index in [4.69, 9.17) is 4.98 Å². The Hall–Kier alpha value is -3.30. The third-order valence-electron chi connectivity index (χ3n) is 6.40. The zero-order valence-corrected chi connectivity index (χ0v) is 19.7. The van der Waals surface area contributed by atoms with Crippen molar-refractivity contribution in [3.05, 3.63) is 65.4 Å². The minimum Gasteiger partial charge on any atom is -0.341 e. The molecule has 0 saturated heterocycles. The van der Waals surface area contributed by atoms with E-state index in [-0.39, 0.29) is 11.2 Å².